The van der Waals surface area contributed by atoms with Gasteiger partial charge in [-0.15, -0.1) is 0 Å². The lowest BCUT2D eigenvalue weighted by molar-refractivity contribution is 0.211. The van der Waals surface area contributed by atoms with E-state index in [1.54, 1.807) is 7.11 Å². The molecule has 64 valence electrons. The van der Waals surface area contributed by atoms with Crippen molar-refractivity contribution in [1.29, 1.82) is 0 Å². The van der Waals surface area contributed by atoms with Gasteiger partial charge in [0.2, 0.25) is 0 Å². The molecule has 1 aliphatic carbocycles. The van der Waals surface area contributed by atoms with E-state index in [2.05, 4.69) is 16.9 Å². The van der Waals surface area contributed by atoms with Gasteiger partial charge in [-0.25, -0.2) is 0 Å². The van der Waals surface area contributed by atoms with Crippen LogP contribution in [-0.4, -0.2) is 13.3 Å². The van der Waals surface area contributed by atoms with E-state index in [9.17, 15) is 0 Å². The molecule has 0 radical (unpaired) electrons. The van der Waals surface area contributed by atoms with Crippen molar-refractivity contribution in [3.05, 3.63) is 0 Å². The van der Waals surface area contributed by atoms with Crippen molar-refractivity contribution in [3.63, 3.8) is 0 Å². The maximum absolute atomic E-state index is 4.64. The van der Waals surface area contributed by atoms with Crippen LogP contribution >= 0.6 is 0 Å². The molecule has 0 N–H and O–H groups in total. The quantitative estimate of drug-likeness (QED) is 0.443. The summed E-state index contributed by atoms with van der Waals surface area (Å²) >= 11 is 0. The lowest BCUT2D eigenvalue weighted by Crippen LogP contribution is -2.13. The Morgan fingerprint density at radius 3 is 2.45 bits per heavy atom. The summed E-state index contributed by atoms with van der Waals surface area (Å²) < 4.78 is 0. The number of hydrogen-bond donors (Lipinski definition) is 0. The van der Waals surface area contributed by atoms with Gasteiger partial charge in [0.25, 0.3) is 0 Å². The van der Waals surface area contributed by atoms with Gasteiger partial charge in [0.1, 0.15) is 7.11 Å². The zero-order chi connectivity index (χ0) is 8.10. The van der Waals surface area contributed by atoms with Crippen LogP contribution in [-0.2, 0) is 4.84 Å². The Morgan fingerprint density at radius 1 is 1.27 bits per heavy atom. The molecule has 0 aromatic carbocycles. The molecule has 0 atom stereocenters. The minimum absolute atomic E-state index is 0.672. The van der Waals surface area contributed by atoms with Crippen LogP contribution in [0.3, 0.4) is 0 Å². The van der Waals surface area contributed by atoms with Crippen molar-refractivity contribution in [1.82, 2.24) is 0 Å². The molecule has 0 unspecified atom stereocenters. The van der Waals surface area contributed by atoms with Gasteiger partial charge in [0.15, 0.2) is 0 Å². The molecule has 1 rings (SSSR count). The second kappa shape index (κ2) is 4.37. The van der Waals surface area contributed by atoms with E-state index >= 15 is 0 Å². The second-order valence-corrected chi connectivity index (χ2v) is 3.46. The molecule has 0 aromatic heterocycles. The van der Waals surface area contributed by atoms with Crippen LogP contribution in [0.15, 0.2) is 5.16 Å². The SMILES string of the molecule is CO/N=C/C1CCC(C)CC1. The Balaban J connectivity index is 2.22. The third-order valence-corrected chi connectivity index (χ3v) is 2.44. The van der Waals surface area contributed by atoms with Gasteiger partial charge in [-0.05, 0) is 24.7 Å². The number of rotatable bonds is 2. The summed E-state index contributed by atoms with van der Waals surface area (Å²) in [5.41, 5.74) is 0. The fourth-order valence-electron chi connectivity index (χ4n) is 1.58. The highest BCUT2D eigenvalue weighted by Crippen LogP contribution is 2.26. The summed E-state index contributed by atoms with van der Waals surface area (Å²) in [4.78, 5) is 4.64. The summed E-state index contributed by atoms with van der Waals surface area (Å²) in [5.74, 6) is 1.59. The van der Waals surface area contributed by atoms with Crippen LogP contribution in [0.5, 0.6) is 0 Å². The molecule has 1 aliphatic rings. The maximum Gasteiger partial charge on any atom is 0.106 e. The van der Waals surface area contributed by atoms with Gasteiger partial charge in [-0.2, -0.15) is 0 Å². The van der Waals surface area contributed by atoms with E-state index in [1.807, 2.05) is 6.21 Å². The van der Waals surface area contributed by atoms with Gasteiger partial charge in [0.05, 0.1) is 0 Å². The Morgan fingerprint density at radius 2 is 1.91 bits per heavy atom. The Kier molecular flexibility index (Phi) is 3.40. The van der Waals surface area contributed by atoms with Crippen LogP contribution in [0.4, 0.5) is 0 Å². The Hall–Kier alpha value is -0.530. The third kappa shape index (κ3) is 2.91. The zero-order valence-corrected chi connectivity index (χ0v) is 7.42. The van der Waals surface area contributed by atoms with E-state index in [-0.39, 0.29) is 0 Å². The first-order chi connectivity index (χ1) is 5.33. The van der Waals surface area contributed by atoms with Crippen molar-refractivity contribution < 1.29 is 4.84 Å². The molecule has 0 saturated heterocycles. The first-order valence-corrected chi connectivity index (χ1v) is 4.39. The highest BCUT2D eigenvalue weighted by Gasteiger charge is 2.16. The van der Waals surface area contributed by atoms with Gasteiger partial charge >= 0.3 is 0 Å². The Labute approximate surface area is 68.6 Å². The normalized spacial score (nSPS) is 32.5. The molecule has 2 heteroatoms. The molecule has 1 saturated carbocycles. The van der Waals surface area contributed by atoms with Gasteiger partial charge in [0, 0.05) is 6.21 Å². The largest absolute Gasteiger partial charge is 0.399 e. The first kappa shape index (κ1) is 8.57. The van der Waals surface area contributed by atoms with Crippen molar-refractivity contribution >= 4 is 6.21 Å². The highest BCUT2D eigenvalue weighted by molar-refractivity contribution is 5.59. The van der Waals surface area contributed by atoms with Crippen LogP contribution < -0.4 is 0 Å². The van der Waals surface area contributed by atoms with Gasteiger partial charge in [-0.3, -0.25) is 0 Å². The van der Waals surface area contributed by atoms with Gasteiger partial charge in [-0.1, -0.05) is 24.9 Å². The van der Waals surface area contributed by atoms with Crippen LogP contribution in [0, 0.1) is 11.8 Å². The monoisotopic (exact) mass is 155 g/mol. The maximum atomic E-state index is 4.64. The van der Waals surface area contributed by atoms with E-state index < -0.39 is 0 Å². The zero-order valence-electron chi connectivity index (χ0n) is 7.42. The van der Waals surface area contributed by atoms with Gasteiger partial charge < -0.3 is 4.84 Å². The van der Waals surface area contributed by atoms with E-state index in [4.69, 9.17) is 0 Å². The van der Waals surface area contributed by atoms with Crippen molar-refractivity contribution in [2.45, 2.75) is 32.6 Å². The number of nitrogens with zero attached hydrogens (tertiary/aromatic N) is 1. The van der Waals surface area contributed by atoms with Crippen molar-refractivity contribution in [2.75, 3.05) is 7.11 Å². The minimum Gasteiger partial charge on any atom is -0.399 e. The molecule has 0 amide bonds. The lowest BCUT2D eigenvalue weighted by Gasteiger charge is -2.22. The van der Waals surface area contributed by atoms with Crippen LogP contribution in [0.1, 0.15) is 32.6 Å². The van der Waals surface area contributed by atoms with Crippen molar-refractivity contribution in [2.24, 2.45) is 17.0 Å². The molecule has 0 spiro atoms. The lowest BCUT2D eigenvalue weighted by atomic mass is 9.84. The number of oxime groups is 1. The van der Waals surface area contributed by atoms with Crippen molar-refractivity contribution in [3.8, 4) is 0 Å². The van der Waals surface area contributed by atoms with E-state index in [0.717, 1.165) is 5.92 Å². The molecular weight excluding hydrogens is 138 g/mol. The predicted molar refractivity (Wildman–Crippen MR) is 46.6 cm³/mol. The summed E-state index contributed by atoms with van der Waals surface area (Å²) in [6, 6.07) is 0. The fourth-order valence-corrected chi connectivity index (χ4v) is 1.58. The summed E-state index contributed by atoms with van der Waals surface area (Å²) in [7, 11) is 1.60. The second-order valence-electron chi connectivity index (χ2n) is 3.46. The van der Waals surface area contributed by atoms with E-state index in [1.165, 1.54) is 25.7 Å². The molecule has 0 bridgehead atoms. The molecule has 11 heavy (non-hydrogen) atoms. The predicted octanol–water partition coefficient (Wildman–Crippen LogP) is 2.44. The topological polar surface area (TPSA) is 21.6 Å². The summed E-state index contributed by atoms with van der Waals surface area (Å²) in [5, 5.41) is 3.80. The fraction of sp³-hybridized carbons (Fsp3) is 0.889. The Bertz CT molecular complexity index is 126. The third-order valence-electron chi connectivity index (χ3n) is 2.44. The van der Waals surface area contributed by atoms with Crippen LogP contribution in [0.25, 0.3) is 0 Å². The number of hydrogen-bond acceptors (Lipinski definition) is 2. The summed E-state index contributed by atoms with van der Waals surface area (Å²) in [6.45, 7) is 2.32. The van der Waals surface area contributed by atoms with E-state index in [0.29, 0.717) is 5.92 Å². The molecule has 2 nitrogen and oxygen atoms in total. The molecule has 0 aliphatic heterocycles. The molecular formula is C9H17NO. The van der Waals surface area contributed by atoms with Crippen LogP contribution in [0.2, 0.25) is 0 Å². The smallest absolute Gasteiger partial charge is 0.106 e. The first-order valence-electron chi connectivity index (χ1n) is 4.39. The average molecular weight is 155 g/mol. The average Bonchev–Trinajstić information content (AvgIpc) is 2.04. The summed E-state index contributed by atoms with van der Waals surface area (Å²) in [6.07, 6.45) is 7.22. The highest BCUT2D eigenvalue weighted by atomic mass is 16.6. The molecule has 0 heterocycles. The standard InChI is InChI=1S/C9H17NO/c1-8-3-5-9(6-4-8)7-10-11-2/h7-9H,3-6H2,1-2H3/b10-7+. The molecule has 1 fully saturated rings. The minimum atomic E-state index is 0.672. The molecule has 0 aromatic rings.